The quantitative estimate of drug-likeness (QED) is 0.521. The van der Waals surface area contributed by atoms with Crippen molar-refractivity contribution < 1.29 is 23.7 Å². The monoisotopic (exact) mass is 460 g/mol. The summed E-state index contributed by atoms with van der Waals surface area (Å²) in [5, 5.41) is 3.95. The molecule has 2 aromatic rings. The fourth-order valence-corrected chi connectivity index (χ4v) is 3.97. The standard InChI is InChI=1S/C24H32N2O5S/c1-5-30-20-11-7-6-10-19(20)25-24(32)26(16-18-9-8-12-31-18)15-17-13-22(28-3)23(29-4)14-21(17)27-2/h6-7,10-11,13-14,18H,5,8-9,12,15-16H2,1-4H3,(H,25,32). The van der Waals surface area contributed by atoms with E-state index in [-0.39, 0.29) is 6.10 Å². The maximum absolute atomic E-state index is 5.89. The molecule has 1 fully saturated rings. The Balaban J connectivity index is 1.87. The van der Waals surface area contributed by atoms with Crippen molar-refractivity contribution in [3.8, 4) is 23.0 Å². The Morgan fingerprint density at radius 1 is 1.06 bits per heavy atom. The second kappa shape index (κ2) is 11.8. The summed E-state index contributed by atoms with van der Waals surface area (Å²) in [6.07, 6.45) is 2.20. The molecule has 0 amide bonds. The summed E-state index contributed by atoms with van der Waals surface area (Å²) in [5.74, 6) is 2.72. The van der Waals surface area contributed by atoms with Crippen molar-refractivity contribution in [1.29, 1.82) is 0 Å². The normalized spacial score (nSPS) is 15.2. The summed E-state index contributed by atoms with van der Waals surface area (Å²) in [6.45, 7) is 4.51. The lowest BCUT2D eigenvalue weighted by Gasteiger charge is -2.29. The molecule has 1 heterocycles. The Hall–Kier alpha value is -2.71. The first-order valence-corrected chi connectivity index (χ1v) is 11.2. The molecule has 1 aliphatic rings. The summed E-state index contributed by atoms with van der Waals surface area (Å²) < 4.78 is 28.2. The number of benzene rings is 2. The molecule has 1 atom stereocenters. The van der Waals surface area contributed by atoms with Gasteiger partial charge in [-0.05, 0) is 50.2 Å². The first-order valence-electron chi connectivity index (χ1n) is 10.8. The van der Waals surface area contributed by atoms with Crippen LogP contribution in [-0.2, 0) is 11.3 Å². The Bertz CT molecular complexity index is 902. The zero-order valence-corrected chi connectivity index (χ0v) is 20.0. The topological polar surface area (TPSA) is 61.4 Å². The van der Waals surface area contributed by atoms with Crippen LogP contribution in [0.4, 0.5) is 5.69 Å². The molecular weight excluding hydrogens is 428 g/mol. The van der Waals surface area contributed by atoms with E-state index in [1.54, 1.807) is 21.3 Å². The highest BCUT2D eigenvalue weighted by Crippen LogP contribution is 2.35. The van der Waals surface area contributed by atoms with Crippen molar-refractivity contribution in [1.82, 2.24) is 4.90 Å². The molecule has 1 aliphatic heterocycles. The highest BCUT2D eigenvalue weighted by Gasteiger charge is 2.23. The van der Waals surface area contributed by atoms with E-state index in [1.807, 2.05) is 43.3 Å². The van der Waals surface area contributed by atoms with Crippen LogP contribution in [-0.4, -0.2) is 57.2 Å². The van der Waals surface area contributed by atoms with E-state index in [9.17, 15) is 0 Å². The molecule has 32 heavy (non-hydrogen) atoms. The molecule has 0 saturated carbocycles. The van der Waals surface area contributed by atoms with Crippen LogP contribution < -0.4 is 24.3 Å². The third kappa shape index (κ3) is 5.95. The van der Waals surface area contributed by atoms with Gasteiger partial charge in [0, 0.05) is 31.3 Å². The summed E-state index contributed by atoms with van der Waals surface area (Å²) in [5.41, 5.74) is 1.77. The third-order valence-corrected chi connectivity index (χ3v) is 5.67. The number of hydrogen-bond donors (Lipinski definition) is 1. The molecule has 0 radical (unpaired) electrons. The molecule has 2 aromatic carbocycles. The lowest BCUT2D eigenvalue weighted by Crippen LogP contribution is -2.39. The van der Waals surface area contributed by atoms with Gasteiger partial charge in [0.25, 0.3) is 0 Å². The molecule has 174 valence electrons. The number of methoxy groups -OCH3 is 3. The van der Waals surface area contributed by atoms with Crippen LogP contribution in [0.1, 0.15) is 25.3 Å². The predicted molar refractivity (Wildman–Crippen MR) is 129 cm³/mol. The summed E-state index contributed by atoms with van der Waals surface area (Å²) >= 11 is 5.83. The lowest BCUT2D eigenvalue weighted by molar-refractivity contribution is 0.0903. The number of nitrogens with one attached hydrogen (secondary N) is 1. The van der Waals surface area contributed by atoms with E-state index in [0.29, 0.717) is 42.1 Å². The number of thiocarbonyl (C=S) groups is 1. The molecular formula is C24H32N2O5S. The maximum atomic E-state index is 5.89. The van der Waals surface area contributed by atoms with Crippen molar-refractivity contribution in [3.63, 3.8) is 0 Å². The lowest BCUT2D eigenvalue weighted by atomic mass is 10.1. The van der Waals surface area contributed by atoms with E-state index in [2.05, 4.69) is 10.2 Å². The van der Waals surface area contributed by atoms with Gasteiger partial charge in [-0.3, -0.25) is 0 Å². The minimum absolute atomic E-state index is 0.128. The average Bonchev–Trinajstić information content (AvgIpc) is 3.32. The van der Waals surface area contributed by atoms with Gasteiger partial charge < -0.3 is 33.9 Å². The fourth-order valence-electron chi connectivity index (χ4n) is 3.72. The van der Waals surface area contributed by atoms with Crippen LogP contribution in [0, 0.1) is 0 Å². The second-order valence-electron chi connectivity index (χ2n) is 7.39. The van der Waals surface area contributed by atoms with Crippen LogP contribution in [0.5, 0.6) is 23.0 Å². The van der Waals surface area contributed by atoms with Crippen molar-refractivity contribution in [2.75, 3.05) is 46.4 Å². The van der Waals surface area contributed by atoms with E-state index < -0.39 is 0 Å². The Morgan fingerprint density at radius 2 is 1.78 bits per heavy atom. The van der Waals surface area contributed by atoms with Gasteiger partial charge >= 0.3 is 0 Å². The van der Waals surface area contributed by atoms with Crippen LogP contribution in [0.2, 0.25) is 0 Å². The average molecular weight is 461 g/mol. The van der Waals surface area contributed by atoms with E-state index >= 15 is 0 Å². The maximum Gasteiger partial charge on any atom is 0.173 e. The van der Waals surface area contributed by atoms with Crippen molar-refractivity contribution in [2.45, 2.75) is 32.4 Å². The number of hydrogen-bond acceptors (Lipinski definition) is 6. The predicted octanol–water partition coefficient (Wildman–Crippen LogP) is 4.49. The van der Waals surface area contributed by atoms with E-state index in [4.69, 9.17) is 35.9 Å². The fraction of sp³-hybridized carbons (Fsp3) is 0.458. The zero-order valence-electron chi connectivity index (χ0n) is 19.2. The van der Waals surface area contributed by atoms with Gasteiger partial charge in [0.2, 0.25) is 0 Å². The highest BCUT2D eigenvalue weighted by molar-refractivity contribution is 7.80. The Kier molecular flexibility index (Phi) is 8.81. The van der Waals surface area contributed by atoms with Gasteiger partial charge in [-0.15, -0.1) is 0 Å². The SMILES string of the molecule is CCOc1ccccc1NC(=S)N(Cc1cc(OC)c(OC)cc1OC)CC1CCCO1. The minimum atomic E-state index is 0.128. The van der Waals surface area contributed by atoms with Gasteiger partial charge in [-0.2, -0.15) is 0 Å². The van der Waals surface area contributed by atoms with Crippen LogP contribution >= 0.6 is 12.2 Å². The Labute approximate surface area is 195 Å². The van der Waals surface area contributed by atoms with Crippen molar-refractivity contribution >= 4 is 23.0 Å². The first-order chi connectivity index (χ1) is 15.6. The van der Waals surface area contributed by atoms with Gasteiger partial charge in [0.15, 0.2) is 16.6 Å². The molecule has 1 unspecified atom stereocenters. The molecule has 0 aromatic heterocycles. The van der Waals surface area contributed by atoms with Gasteiger partial charge in [0.05, 0.1) is 39.7 Å². The highest BCUT2D eigenvalue weighted by atomic mass is 32.1. The molecule has 0 bridgehead atoms. The number of nitrogens with zero attached hydrogens (tertiary/aromatic N) is 1. The van der Waals surface area contributed by atoms with Gasteiger partial charge in [-0.25, -0.2) is 0 Å². The number of para-hydroxylation sites is 2. The van der Waals surface area contributed by atoms with Crippen molar-refractivity contribution in [3.05, 3.63) is 42.0 Å². The van der Waals surface area contributed by atoms with Gasteiger partial charge in [-0.1, -0.05) is 12.1 Å². The molecule has 7 nitrogen and oxygen atoms in total. The summed E-state index contributed by atoms with van der Waals surface area (Å²) in [7, 11) is 4.87. The molecule has 1 saturated heterocycles. The summed E-state index contributed by atoms with van der Waals surface area (Å²) in [4.78, 5) is 2.10. The number of anilines is 1. The second-order valence-corrected chi connectivity index (χ2v) is 7.78. The zero-order chi connectivity index (χ0) is 22.9. The van der Waals surface area contributed by atoms with Crippen LogP contribution in [0.15, 0.2) is 36.4 Å². The third-order valence-electron chi connectivity index (χ3n) is 5.31. The Morgan fingerprint density at radius 3 is 2.44 bits per heavy atom. The first kappa shape index (κ1) is 23.9. The van der Waals surface area contributed by atoms with Gasteiger partial charge in [0.1, 0.15) is 11.5 Å². The van der Waals surface area contributed by atoms with E-state index in [0.717, 1.165) is 36.4 Å². The number of ether oxygens (including phenoxy) is 5. The van der Waals surface area contributed by atoms with E-state index in [1.165, 1.54) is 0 Å². The molecule has 8 heteroatoms. The largest absolute Gasteiger partial charge is 0.496 e. The summed E-state index contributed by atoms with van der Waals surface area (Å²) in [6, 6.07) is 11.5. The number of rotatable bonds is 10. The minimum Gasteiger partial charge on any atom is -0.496 e. The van der Waals surface area contributed by atoms with Crippen molar-refractivity contribution in [2.24, 2.45) is 0 Å². The smallest absolute Gasteiger partial charge is 0.173 e. The molecule has 1 N–H and O–H groups in total. The molecule has 0 spiro atoms. The molecule has 3 rings (SSSR count). The van der Waals surface area contributed by atoms with Crippen LogP contribution in [0.3, 0.4) is 0 Å². The van der Waals surface area contributed by atoms with Crippen LogP contribution in [0.25, 0.3) is 0 Å². The molecule has 0 aliphatic carbocycles.